The smallest absolute Gasteiger partial charge is 0.290 e. The number of rotatable bonds is 7. The Kier molecular flexibility index (Phi) is 7.16. The molecule has 1 aromatic rings. The van der Waals surface area contributed by atoms with Gasteiger partial charge < -0.3 is 10.6 Å². The molecule has 0 bridgehead atoms. The van der Waals surface area contributed by atoms with Crippen LogP contribution < -0.4 is 21.3 Å². The molecule has 0 spiro atoms. The molecule has 1 aromatic carbocycles. The highest BCUT2D eigenvalue weighted by Gasteiger charge is 2.26. The molecule has 0 radical (unpaired) electrons. The first-order chi connectivity index (χ1) is 15.0. The quantitative estimate of drug-likeness (QED) is 0.484. The van der Waals surface area contributed by atoms with Crippen LogP contribution in [0, 0.1) is 5.82 Å². The fraction of sp³-hybridized carbons (Fsp3) is 0.409. The van der Waals surface area contributed by atoms with Gasteiger partial charge in [0.15, 0.2) is 6.29 Å². The number of allylic oxidation sites excluding steroid dienone is 2. The van der Waals surface area contributed by atoms with Gasteiger partial charge in [0.2, 0.25) is 0 Å². The highest BCUT2D eigenvalue weighted by Crippen LogP contribution is 2.24. The number of hydrogen-bond acceptors (Lipinski definition) is 7. The molecule has 1 unspecified atom stereocenters. The molecule has 2 fully saturated rings. The summed E-state index contributed by atoms with van der Waals surface area (Å²) in [4.78, 5) is 27.8. The van der Waals surface area contributed by atoms with Crippen molar-refractivity contribution in [2.45, 2.75) is 50.5 Å². The summed E-state index contributed by atoms with van der Waals surface area (Å²) < 4.78 is 13.0. The molecule has 9 heteroatoms. The molecular formula is C22H26FN5O2S. The molecule has 4 rings (SSSR count). The Balaban J connectivity index is 1.17. The van der Waals surface area contributed by atoms with Crippen molar-refractivity contribution in [3.8, 4) is 0 Å². The number of carbonyl (C=O) groups excluding carboxylic acids is 2. The predicted octanol–water partition coefficient (Wildman–Crippen LogP) is 2.57. The summed E-state index contributed by atoms with van der Waals surface area (Å²) in [5.41, 5.74) is 1.89. The minimum Gasteiger partial charge on any atom is -0.351 e. The monoisotopic (exact) mass is 443 g/mol. The Bertz CT molecular complexity index is 907. The van der Waals surface area contributed by atoms with Gasteiger partial charge in [0.05, 0.1) is 4.91 Å². The SMILES string of the molecule is O=C1NC(=O)/C(=C/C2=CC=NC(N[C@H]3CC[C@H](NCCc4ccc(F)cc4)CC3)N2)S1. The third kappa shape index (κ3) is 6.25. The van der Waals surface area contributed by atoms with Crippen molar-refractivity contribution in [1.29, 1.82) is 0 Å². The molecular weight excluding hydrogens is 417 g/mol. The van der Waals surface area contributed by atoms with E-state index < -0.39 is 0 Å². The standard InChI is InChI=1S/C22H26FN5O2S/c23-15-3-1-14(2-4-15)9-11-24-16-5-7-17(8-6-16)26-21-25-12-10-18(27-21)13-19-20(29)28-22(30)31-19/h1-4,10,12-13,16-17,21,24,26-27H,5-9,11H2,(H,28,29,30)/b19-13-/t16-,17-,21?. The normalized spacial score (nSPS) is 27.2. The van der Waals surface area contributed by atoms with Crippen LogP contribution in [0.5, 0.6) is 0 Å². The molecule has 2 aliphatic heterocycles. The summed E-state index contributed by atoms with van der Waals surface area (Å²) in [6, 6.07) is 7.55. The van der Waals surface area contributed by atoms with Gasteiger partial charge in [0.25, 0.3) is 11.1 Å². The van der Waals surface area contributed by atoms with Crippen LogP contribution in [0.25, 0.3) is 0 Å². The van der Waals surface area contributed by atoms with Gasteiger partial charge >= 0.3 is 0 Å². The number of nitrogens with zero attached hydrogens (tertiary/aromatic N) is 1. The fourth-order valence-corrected chi connectivity index (χ4v) is 4.62. The average molecular weight is 444 g/mol. The maximum absolute atomic E-state index is 13.0. The molecule has 1 aliphatic carbocycles. The highest BCUT2D eigenvalue weighted by molar-refractivity contribution is 8.18. The van der Waals surface area contributed by atoms with E-state index in [2.05, 4.69) is 26.3 Å². The molecule has 7 nitrogen and oxygen atoms in total. The van der Waals surface area contributed by atoms with Crippen LogP contribution in [0.4, 0.5) is 9.18 Å². The number of imide groups is 1. The summed E-state index contributed by atoms with van der Waals surface area (Å²) >= 11 is 0.902. The van der Waals surface area contributed by atoms with Crippen LogP contribution in [0.15, 0.2) is 52.0 Å². The van der Waals surface area contributed by atoms with Crippen LogP contribution in [0.3, 0.4) is 0 Å². The highest BCUT2D eigenvalue weighted by atomic mass is 32.2. The van der Waals surface area contributed by atoms with Crippen LogP contribution >= 0.6 is 11.8 Å². The summed E-state index contributed by atoms with van der Waals surface area (Å²) in [6.45, 7) is 0.889. The topological polar surface area (TPSA) is 94.6 Å². The van der Waals surface area contributed by atoms with Gasteiger partial charge in [-0.25, -0.2) is 4.39 Å². The number of halogens is 1. The van der Waals surface area contributed by atoms with E-state index in [9.17, 15) is 14.0 Å². The van der Waals surface area contributed by atoms with Crippen molar-refractivity contribution in [1.82, 2.24) is 21.3 Å². The lowest BCUT2D eigenvalue weighted by molar-refractivity contribution is -0.115. The maximum atomic E-state index is 13.0. The van der Waals surface area contributed by atoms with Crippen LogP contribution in [-0.2, 0) is 11.2 Å². The van der Waals surface area contributed by atoms with Crippen LogP contribution in [-0.4, -0.2) is 42.3 Å². The molecule has 4 N–H and O–H groups in total. The van der Waals surface area contributed by atoms with Gasteiger partial charge in [-0.2, -0.15) is 0 Å². The van der Waals surface area contributed by atoms with Gasteiger partial charge in [-0.1, -0.05) is 12.1 Å². The minimum atomic E-state index is -0.366. The lowest BCUT2D eigenvalue weighted by Gasteiger charge is -2.32. The number of amides is 2. The number of benzene rings is 1. The zero-order valence-electron chi connectivity index (χ0n) is 17.1. The Morgan fingerprint density at radius 3 is 2.58 bits per heavy atom. The van der Waals surface area contributed by atoms with E-state index >= 15 is 0 Å². The second-order valence-electron chi connectivity index (χ2n) is 7.87. The van der Waals surface area contributed by atoms with Crippen molar-refractivity contribution in [3.05, 3.63) is 58.4 Å². The Hall–Kier alpha value is -2.49. The van der Waals surface area contributed by atoms with Gasteiger partial charge in [0.1, 0.15) is 5.82 Å². The van der Waals surface area contributed by atoms with Crippen molar-refractivity contribution in [3.63, 3.8) is 0 Å². The van der Waals surface area contributed by atoms with Crippen molar-refractivity contribution in [2.75, 3.05) is 6.54 Å². The third-order valence-corrected chi connectivity index (χ3v) is 6.41. The van der Waals surface area contributed by atoms with E-state index in [0.29, 0.717) is 17.0 Å². The first kappa shape index (κ1) is 21.7. The van der Waals surface area contributed by atoms with Gasteiger partial charge in [-0.15, -0.1) is 0 Å². The predicted molar refractivity (Wildman–Crippen MR) is 120 cm³/mol. The molecule has 2 amide bonds. The number of thioether (sulfide) groups is 1. The number of carbonyl (C=O) groups is 2. The molecule has 31 heavy (non-hydrogen) atoms. The van der Waals surface area contributed by atoms with E-state index in [-0.39, 0.29) is 23.3 Å². The minimum absolute atomic E-state index is 0.198. The van der Waals surface area contributed by atoms with E-state index in [1.807, 2.05) is 12.1 Å². The maximum Gasteiger partial charge on any atom is 0.290 e. The second-order valence-corrected chi connectivity index (χ2v) is 8.88. The molecule has 2 heterocycles. The van der Waals surface area contributed by atoms with Crippen molar-refractivity contribution >= 4 is 29.1 Å². The Labute approximate surface area is 185 Å². The number of aliphatic imine (C=N–C) groups is 1. The fourth-order valence-electron chi connectivity index (χ4n) is 3.95. The molecule has 1 saturated heterocycles. The Morgan fingerprint density at radius 2 is 1.87 bits per heavy atom. The molecule has 1 atom stereocenters. The zero-order chi connectivity index (χ0) is 21.6. The molecule has 1 saturated carbocycles. The lowest BCUT2D eigenvalue weighted by Crippen LogP contribution is -2.49. The van der Waals surface area contributed by atoms with Crippen molar-refractivity contribution < 1.29 is 14.0 Å². The first-order valence-corrected chi connectivity index (χ1v) is 11.4. The zero-order valence-corrected chi connectivity index (χ0v) is 17.9. The van der Waals surface area contributed by atoms with E-state index in [4.69, 9.17) is 0 Å². The largest absolute Gasteiger partial charge is 0.351 e. The lowest BCUT2D eigenvalue weighted by atomic mass is 9.91. The summed E-state index contributed by atoms with van der Waals surface area (Å²) in [5, 5.41) is 12.3. The van der Waals surface area contributed by atoms with Gasteiger partial charge in [0, 0.05) is 24.0 Å². The van der Waals surface area contributed by atoms with Gasteiger partial charge in [-0.05, 0) is 80.3 Å². The van der Waals surface area contributed by atoms with E-state index in [0.717, 1.165) is 61.7 Å². The van der Waals surface area contributed by atoms with Gasteiger partial charge in [-0.3, -0.25) is 25.2 Å². The number of nitrogens with one attached hydrogen (secondary N) is 4. The molecule has 0 aromatic heterocycles. The summed E-state index contributed by atoms with van der Waals surface area (Å²) in [6.07, 6.45) is 10.1. The van der Waals surface area contributed by atoms with E-state index in [1.54, 1.807) is 18.4 Å². The first-order valence-electron chi connectivity index (χ1n) is 10.5. The van der Waals surface area contributed by atoms with Crippen LogP contribution in [0.1, 0.15) is 31.2 Å². The van der Waals surface area contributed by atoms with Crippen molar-refractivity contribution in [2.24, 2.45) is 4.99 Å². The molecule has 164 valence electrons. The van der Waals surface area contributed by atoms with E-state index in [1.165, 1.54) is 12.1 Å². The molecule has 3 aliphatic rings. The average Bonchev–Trinajstić information content (AvgIpc) is 3.07. The Morgan fingerprint density at radius 1 is 1.13 bits per heavy atom. The van der Waals surface area contributed by atoms with Crippen LogP contribution in [0.2, 0.25) is 0 Å². The third-order valence-electron chi connectivity index (χ3n) is 5.60. The second kappa shape index (κ2) is 10.2. The number of hydrogen-bond donors (Lipinski definition) is 4. The summed E-state index contributed by atoms with van der Waals surface area (Å²) in [7, 11) is 0. The summed E-state index contributed by atoms with van der Waals surface area (Å²) in [5.74, 6) is -0.563.